The zero-order valence-electron chi connectivity index (χ0n) is 14.8. The molecule has 0 bridgehead atoms. The fourth-order valence-electron chi connectivity index (χ4n) is 2.59. The lowest BCUT2D eigenvalue weighted by atomic mass is 10.1. The summed E-state index contributed by atoms with van der Waals surface area (Å²) in [6.07, 6.45) is 7.22. The molecule has 0 unspecified atom stereocenters. The van der Waals surface area contributed by atoms with E-state index in [1.165, 1.54) is 26.0 Å². The van der Waals surface area contributed by atoms with Gasteiger partial charge in [0, 0.05) is 0 Å². The minimum absolute atomic E-state index is 0.170. The quantitative estimate of drug-likeness (QED) is 0.565. The monoisotopic (exact) mass is 368 g/mol. The minimum atomic E-state index is -4.53. The summed E-state index contributed by atoms with van der Waals surface area (Å²) < 4.78 is 22.8. The van der Waals surface area contributed by atoms with Crippen LogP contribution >= 0.6 is 7.60 Å². The van der Waals surface area contributed by atoms with Gasteiger partial charge in [0.1, 0.15) is 5.16 Å². The number of ether oxygens (including phenoxy) is 2. The summed E-state index contributed by atoms with van der Waals surface area (Å²) in [5, 5.41) is -1.75. The normalized spacial score (nSPS) is 16.4. The first-order valence-corrected chi connectivity index (χ1v) is 9.89. The first-order valence-electron chi connectivity index (χ1n) is 8.28. The van der Waals surface area contributed by atoms with E-state index in [2.05, 4.69) is 0 Å². The van der Waals surface area contributed by atoms with Crippen molar-refractivity contribution in [3.63, 3.8) is 0 Å². The molecule has 0 amide bonds. The Hall–Kier alpha value is -1.62. The molecule has 0 radical (unpaired) electrons. The van der Waals surface area contributed by atoms with E-state index in [1.54, 1.807) is 25.3 Å². The smallest absolute Gasteiger partial charge is 0.338 e. The van der Waals surface area contributed by atoms with Crippen LogP contribution in [0.1, 0.15) is 45.1 Å². The van der Waals surface area contributed by atoms with E-state index in [4.69, 9.17) is 9.47 Å². The molecule has 1 aliphatic rings. The number of rotatable bonds is 7. The van der Waals surface area contributed by atoms with Crippen molar-refractivity contribution in [1.29, 1.82) is 0 Å². The van der Waals surface area contributed by atoms with Crippen LogP contribution < -0.4 is 9.47 Å². The molecule has 0 atom stereocenters. The van der Waals surface area contributed by atoms with Crippen LogP contribution in [0.5, 0.6) is 11.5 Å². The molecule has 7 heteroatoms. The molecule has 1 saturated carbocycles. The van der Waals surface area contributed by atoms with Crippen LogP contribution in [0.15, 0.2) is 24.3 Å². The largest absolute Gasteiger partial charge is 0.493 e. The molecular formula is C18H25O6P. The Morgan fingerprint density at radius 2 is 1.88 bits per heavy atom. The van der Waals surface area contributed by atoms with Crippen molar-refractivity contribution in [3.05, 3.63) is 29.8 Å². The van der Waals surface area contributed by atoms with Gasteiger partial charge in [-0.2, -0.15) is 0 Å². The third kappa shape index (κ3) is 4.72. The van der Waals surface area contributed by atoms with E-state index in [1.807, 2.05) is 0 Å². The standard InChI is InChI=1S/C18H25O6P/c1-18(2,25(20,21)22)17(19)11-9-13-8-10-15(23-3)16(12-13)24-14-6-4-5-7-14/h8-12,14H,4-7H2,1-3H3,(H2,20,21,22). The van der Waals surface area contributed by atoms with Gasteiger partial charge in [-0.3, -0.25) is 9.36 Å². The Kier molecular flexibility index (Phi) is 6.09. The predicted molar refractivity (Wildman–Crippen MR) is 96.0 cm³/mol. The first kappa shape index (κ1) is 19.7. The highest BCUT2D eigenvalue weighted by molar-refractivity contribution is 7.54. The number of carbonyl (C=O) groups excluding carboxylic acids is 1. The third-order valence-corrected chi connectivity index (χ3v) is 6.22. The topological polar surface area (TPSA) is 93.1 Å². The van der Waals surface area contributed by atoms with Gasteiger partial charge in [-0.25, -0.2) is 0 Å². The Bertz CT molecular complexity index is 698. The second kappa shape index (κ2) is 7.73. The lowest BCUT2D eigenvalue weighted by Crippen LogP contribution is -2.29. The van der Waals surface area contributed by atoms with Crippen LogP contribution in [0.2, 0.25) is 0 Å². The van der Waals surface area contributed by atoms with Crippen LogP contribution in [-0.2, 0) is 9.36 Å². The molecule has 0 aromatic heterocycles. The lowest BCUT2D eigenvalue weighted by molar-refractivity contribution is -0.116. The van der Waals surface area contributed by atoms with Gasteiger partial charge in [-0.1, -0.05) is 12.1 Å². The van der Waals surface area contributed by atoms with E-state index in [9.17, 15) is 19.1 Å². The molecule has 1 aromatic rings. The van der Waals surface area contributed by atoms with Crippen LogP contribution in [-0.4, -0.2) is 33.9 Å². The van der Waals surface area contributed by atoms with Gasteiger partial charge >= 0.3 is 7.60 Å². The van der Waals surface area contributed by atoms with E-state index < -0.39 is 18.5 Å². The molecule has 0 heterocycles. The zero-order valence-corrected chi connectivity index (χ0v) is 15.7. The lowest BCUT2D eigenvalue weighted by Gasteiger charge is -2.22. The van der Waals surface area contributed by atoms with Crippen molar-refractivity contribution in [1.82, 2.24) is 0 Å². The highest BCUT2D eigenvalue weighted by Gasteiger charge is 2.43. The van der Waals surface area contributed by atoms with E-state index in [0.29, 0.717) is 17.1 Å². The first-order chi connectivity index (χ1) is 11.6. The number of methoxy groups -OCH3 is 1. The van der Waals surface area contributed by atoms with Crippen molar-refractivity contribution >= 4 is 19.5 Å². The van der Waals surface area contributed by atoms with Gasteiger partial charge in [-0.15, -0.1) is 0 Å². The maximum atomic E-state index is 12.1. The summed E-state index contributed by atoms with van der Waals surface area (Å²) in [6, 6.07) is 5.28. The molecule has 1 aromatic carbocycles. The van der Waals surface area contributed by atoms with Gasteiger partial charge < -0.3 is 19.3 Å². The molecule has 1 fully saturated rings. The van der Waals surface area contributed by atoms with Crippen LogP contribution in [0.25, 0.3) is 6.08 Å². The van der Waals surface area contributed by atoms with Crippen molar-refractivity contribution < 1.29 is 28.6 Å². The molecular weight excluding hydrogens is 343 g/mol. The highest BCUT2D eigenvalue weighted by atomic mass is 31.2. The number of allylic oxidation sites excluding steroid dienone is 1. The van der Waals surface area contributed by atoms with Crippen LogP contribution in [0.4, 0.5) is 0 Å². The summed E-state index contributed by atoms with van der Waals surface area (Å²) in [4.78, 5) is 30.7. The number of ketones is 1. The van der Waals surface area contributed by atoms with E-state index in [0.717, 1.165) is 25.7 Å². The summed E-state index contributed by atoms with van der Waals surface area (Å²) in [5.74, 6) is 0.596. The van der Waals surface area contributed by atoms with Gasteiger partial charge in [0.25, 0.3) is 0 Å². The molecule has 6 nitrogen and oxygen atoms in total. The summed E-state index contributed by atoms with van der Waals surface area (Å²) in [7, 11) is -2.97. The molecule has 0 aliphatic heterocycles. The molecule has 2 N–H and O–H groups in total. The number of hydrogen-bond donors (Lipinski definition) is 2. The van der Waals surface area contributed by atoms with Gasteiger partial charge in [0.15, 0.2) is 17.3 Å². The molecule has 0 spiro atoms. The molecule has 1 aliphatic carbocycles. The SMILES string of the molecule is COc1ccc(C=CC(=O)C(C)(C)P(=O)(O)O)cc1OC1CCCC1. The second-order valence-electron chi connectivity index (χ2n) is 6.74. The Morgan fingerprint density at radius 3 is 2.44 bits per heavy atom. The number of carbonyl (C=O) groups is 1. The maximum absolute atomic E-state index is 12.1. The van der Waals surface area contributed by atoms with Crippen molar-refractivity contribution in [2.45, 2.75) is 50.8 Å². The Labute approximate surface area is 148 Å². The fourth-order valence-corrected chi connectivity index (χ4v) is 2.96. The Balaban J connectivity index is 2.19. The number of hydrogen-bond acceptors (Lipinski definition) is 4. The third-order valence-electron chi connectivity index (χ3n) is 4.54. The number of benzene rings is 1. The zero-order chi connectivity index (χ0) is 18.7. The predicted octanol–water partition coefficient (Wildman–Crippen LogP) is 3.56. The minimum Gasteiger partial charge on any atom is -0.493 e. The van der Waals surface area contributed by atoms with Crippen molar-refractivity contribution in [2.75, 3.05) is 7.11 Å². The summed E-state index contributed by atoms with van der Waals surface area (Å²) in [6.45, 7) is 2.48. The molecule has 25 heavy (non-hydrogen) atoms. The van der Waals surface area contributed by atoms with E-state index >= 15 is 0 Å². The average molecular weight is 368 g/mol. The van der Waals surface area contributed by atoms with Gasteiger partial charge in [-0.05, 0) is 63.3 Å². The fraction of sp³-hybridized carbons (Fsp3) is 0.500. The van der Waals surface area contributed by atoms with Gasteiger partial charge in [0.2, 0.25) is 0 Å². The van der Waals surface area contributed by atoms with Crippen LogP contribution in [0.3, 0.4) is 0 Å². The van der Waals surface area contributed by atoms with Crippen molar-refractivity contribution in [3.8, 4) is 11.5 Å². The summed E-state index contributed by atoms with van der Waals surface area (Å²) >= 11 is 0. The molecule has 138 valence electrons. The van der Waals surface area contributed by atoms with E-state index in [-0.39, 0.29) is 6.10 Å². The average Bonchev–Trinajstić information content (AvgIpc) is 3.04. The van der Waals surface area contributed by atoms with Gasteiger partial charge in [0.05, 0.1) is 13.2 Å². The Morgan fingerprint density at radius 1 is 1.24 bits per heavy atom. The molecule has 2 rings (SSSR count). The molecule has 0 saturated heterocycles. The van der Waals surface area contributed by atoms with Crippen molar-refractivity contribution in [2.24, 2.45) is 0 Å². The maximum Gasteiger partial charge on any atom is 0.338 e. The second-order valence-corrected chi connectivity index (χ2v) is 8.94. The highest BCUT2D eigenvalue weighted by Crippen LogP contribution is 2.50. The summed E-state index contributed by atoms with van der Waals surface area (Å²) in [5.41, 5.74) is 0.698. The van der Waals surface area contributed by atoms with Crippen LogP contribution in [0, 0.1) is 0 Å².